The number of hydrogen-bond donors (Lipinski definition) is 0. The lowest BCUT2D eigenvalue weighted by molar-refractivity contribution is -0.153. The largest absolute Gasteiger partial charge is 0.463 e. The summed E-state index contributed by atoms with van der Waals surface area (Å²) < 4.78 is 9.75. The standard InChI is InChI=1S/C8H16O3/c1-6(2)11-8(9)7(3)5-10-4/h6-7H,5H2,1-4H3. The van der Waals surface area contributed by atoms with E-state index in [2.05, 4.69) is 0 Å². The molecule has 0 aliphatic carbocycles. The minimum atomic E-state index is -0.193. The number of carbonyl (C=O) groups excluding carboxylic acids is 1. The molecule has 0 bridgehead atoms. The second-order valence-corrected chi connectivity index (χ2v) is 2.84. The highest BCUT2D eigenvalue weighted by Crippen LogP contribution is 2.01. The molecular weight excluding hydrogens is 144 g/mol. The second-order valence-electron chi connectivity index (χ2n) is 2.84. The van der Waals surface area contributed by atoms with Crippen LogP contribution in [0.3, 0.4) is 0 Å². The Hall–Kier alpha value is -0.570. The molecule has 0 aromatic heterocycles. The Morgan fingerprint density at radius 2 is 1.91 bits per heavy atom. The summed E-state index contributed by atoms with van der Waals surface area (Å²) in [6, 6.07) is 0. The number of esters is 1. The van der Waals surface area contributed by atoms with E-state index in [1.807, 2.05) is 13.8 Å². The van der Waals surface area contributed by atoms with Crippen molar-refractivity contribution in [2.45, 2.75) is 26.9 Å². The Morgan fingerprint density at radius 3 is 2.27 bits per heavy atom. The van der Waals surface area contributed by atoms with Gasteiger partial charge in [-0.15, -0.1) is 0 Å². The van der Waals surface area contributed by atoms with E-state index in [4.69, 9.17) is 9.47 Å². The molecule has 66 valence electrons. The number of hydrogen-bond acceptors (Lipinski definition) is 3. The molecule has 0 aliphatic heterocycles. The van der Waals surface area contributed by atoms with Crippen LogP contribution < -0.4 is 0 Å². The zero-order valence-corrected chi connectivity index (χ0v) is 7.59. The van der Waals surface area contributed by atoms with E-state index in [-0.39, 0.29) is 18.0 Å². The Balaban J connectivity index is 3.64. The average molecular weight is 160 g/mol. The average Bonchev–Trinajstić information content (AvgIpc) is 1.86. The van der Waals surface area contributed by atoms with Crippen molar-refractivity contribution in [3.05, 3.63) is 0 Å². The molecule has 0 spiro atoms. The highest BCUT2D eigenvalue weighted by molar-refractivity contribution is 5.72. The Kier molecular flexibility index (Phi) is 4.86. The molecule has 3 heteroatoms. The van der Waals surface area contributed by atoms with Crippen LogP contribution in [0.1, 0.15) is 20.8 Å². The molecule has 1 atom stereocenters. The molecule has 1 unspecified atom stereocenters. The number of ether oxygens (including phenoxy) is 2. The summed E-state index contributed by atoms with van der Waals surface area (Å²) in [4.78, 5) is 11.0. The first-order valence-electron chi connectivity index (χ1n) is 3.77. The van der Waals surface area contributed by atoms with Gasteiger partial charge in [-0.2, -0.15) is 0 Å². The molecular formula is C8H16O3. The molecule has 0 amide bonds. The maximum absolute atomic E-state index is 11.0. The third kappa shape index (κ3) is 4.79. The van der Waals surface area contributed by atoms with Crippen molar-refractivity contribution in [2.75, 3.05) is 13.7 Å². The predicted molar refractivity (Wildman–Crippen MR) is 42.3 cm³/mol. The first-order chi connectivity index (χ1) is 5.07. The minimum Gasteiger partial charge on any atom is -0.463 e. The maximum Gasteiger partial charge on any atom is 0.311 e. The second kappa shape index (κ2) is 5.13. The van der Waals surface area contributed by atoms with Gasteiger partial charge in [0.2, 0.25) is 0 Å². The van der Waals surface area contributed by atoms with E-state index in [0.29, 0.717) is 6.61 Å². The molecule has 0 N–H and O–H groups in total. The third-order valence-corrected chi connectivity index (χ3v) is 1.17. The quantitative estimate of drug-likeness (QED) is 0.580. The summed E-state index contributed by atoms with van der Waals surface area (Å²) in [5, 5.41) is 0. The van der Waals surface area contributed by atoms with E-state index < -0.39 is 0 Å². The van der Waals surface area contributed by atoms with Gasteiger partial charge >= 0.3 is 5.97 Å². The normalized spacial score (nSPS) is 13.2. The smallest absolute Gasteiger partial charge is 0.311 e. The Bertz CT molecular complexity index is 121. The first-order valence-corrected chi connectivity index (χ1v) is 3.77. The van der Waals surface area contributed by atoms with Crippen LogP contribution in [-0.4, -0.2) is 25.8 Å². The number of methoxy groups -OCH3 is 1. The van der Waals surface area contributed by atoms with Gasteiger partial charge in [0.1, 0.15) is 0 Å². The summed E-state index contributed by atoms with van der Waals surface area (Å²) >= 11 is 0. The molecule has 0 fully saturated rings. The fraction of sp³-hybridized carbons (Fsp3) is 0.875. The molecule has 0 rings (SSSR count). The van der Waals surface area contributed by atoms with Gasteiger partial charge in [0.05, 0.1) is 18.6 Å². The molecule has 0 aromatic carbocycles. The van der Waals surface area contributed by atoms with Crippen LogP contribution in [0.2, 0.25) is 0 Å². The summed E-state index contributed by atoms with van der Waals surface area (Å²) in [5.74, 6) is -0.357. The minimum absolute atomic E-state index is 0.0400. The van der Waals surface area contributed by atoms with Crippen molar-refractivity contribution >= 4 is 5.97 Å². The maximum atomic E-state index is 11.0. The van der Waals surface area contributed by atoms with Gasteiger partial charge in [-0.25, -0.2) is 0 Å². The summed E-state index contributed by atoms with van der Waals surface area (Å²) in [6.07, 6.45) is -0.0400. The van der Waals surface area contributed by atoms with Crippen LogP contribution >= 0.6 is 0 Å². The van der Waals surface area contributed by atoms with E-state index in [1.54, 1.807) is 14.0 Å². The van der Waals surface area contributed by atoms with Gasteiger partial charge in [-0.1, -0.05) is 0 Å². The lowest BCUT2D eigenvalue weighted by Gasteiger charge is -2.12. The highest BCUT2D eigenvalue weighted by atomic mass is 16.5. The van der Waals surface area contributed by atoms with Crippen molar-refractivity contribution < 1.29 is 14.3 Å². The van der Waals surface area contributed by atoms with Crippen LogP contribution in [0, 0.1) is 5.92 Å². The van der Waals surface area contributed by atoms with Crippen LogP contribution in [0.25, 0.3) is 0 Å². The van der Waals surface area contributed by atoms with E-state index in [0.717, 1.165) is 0 Å². The van der Waals surface area contributed by atoms with Crippen molar-refractivity contribution in [3.8, 4) is 0 Å². The molecule has 0 aromatic rings. The van der Waals surface area contributed by atoms with E-state index >= 15 is 0 Å². The van der Waals surface area contributed by atoms with Crippen LogP contribution in [-0.2, 0) is 14.3 Å². The molecule has 0 saturated carbocycles. The molecule has 0 aliphatic rings. The highest BCUT2D eigenvalue weighted by Gasteiger charge is 2.14. The first kappa shape index (κ1) is 10.4. The van der Waals surface area contributed by atoms with Crippen LogP contribution in [0.5, 0.6) is 0 Å². The lowest BCUT2D eigenvalue weighted by Crippen LogP contribution is -2.22. The van der Waals surface area contributed by atoms with Crippen molar-refractivity contribution in [2.24, 2.45) is 5.92 Å². The monoisotopic (exact) mass is 160 g/mol. The zero-order chi connectivity index (χ0) is 8.85. The van der Waals surface area contributed by atoms with Gasteiger partial charge in [0.15, 0.2) is 0 Å². The van der Waals surface area contributed by atoms with Gasteiger partial charge in [-0.05, 0) is 20.8 Å². The van der Waals surface area contributed by atoms with Gasteiger partial charge in [0.25, 0.3) is 0 Å². The molecule has 0 heterocycles. The number of rotatable bonds is 4. The SMILES string of the molecule is COCC(C)C(=O)OC(C)C. The third-order valence-electron chi connectivity index (χ3n) is 1.17. The van der Waals surface area contributed by atoms with Crippen LogP contribution in [0.4, 0.5) is 0 Å². The lowest BCUT2D eigenvalue weighted by atomic mass is 10.2. The van der Waals surface area contributed by atoms with Gasteiger partial charge in [0, 0.05) is 7.11 Å². The molecule has 0 saturated heterocycles. The van der Waals surface area contributed by atoms with E-state index in [1.165, 1.54) is 0 Å². The fourth-order valence-electron chi connectivity index (χ4n) is 0.667. The summed E-state index contributed by atoms with van der Waals surface area (Å²) in [7, 11) is 1.57. The van der Waals surface area contributed by atoms with Crippen LogP contribution in [0.15, 0.2) is 0 Å². The van der Waals surface area contributed by atoms with Crippen molar-refractivity contribution in [3.63, 3.8) is 0 Å². The molecule has 11 heavy (non-hydrogen) atoms. The predicted octanol–water partition coefficient (Wildman–Crippen LogP) is 1.22. The fourth-order valence-corrected chi connectivity index (χ4v) is 0.667. The van der Waals surface area contributed by atoms with Gasteiger partial charge in [-0.3, -0.25) is 4.79 Å². The topological polar surface area (TPSA) is 35.5 Å². The zero-order valence-electron chi connectivity index (χ0n) is 7.59. The Labute approximate surface area is 67.7 Å². The number of carbonyl (C=O) groups is 1. The van der Waals surface area contributed by atoms with Crippen molar-refractivity contribution in [1.29, 1.82) is 0 Å². The van der Waals surface area contributed by atoms with Crippen molar-refractivity contribution in [1.82, 2.24) is 0 Å². The Morgan fingerprint density at radius 1 is 1.36 bits per heavy atom. The summed E-state index contributed by atoms with van der Waals surface area (Å²) in [6.45, 7) is 5.87. The summed E-state index contributed by atoms with van der Waals surface area (Å²) in [5.41, 5.74) is 0. The molecule has 3 nitrogen and oxygen atoms in total. The van der Waals surface area contributed by atoms with E-state index in [9.17, 15) is 4.79 Å². The van der Waals surface area contributed by atoms with Gasteiger partial charge < -0.3 is 9.47 Å². The molecule has 0 radical (unpaired) electrons.